The van der Waals surface area contributed by atoms with Crippen LogP contribution in [0.15, 0.2) is 36.9 Å². The quantitative estimate of drug-likeness (QED) is 0.732. The number of rotatable bonds is 4. The predicted octanol–water partition coefficient (Wildman–Crippen LogP) is 2.13. The first-order chi connectivity index (χ1) is 11.8. The Morgan fingerprint density at radius 1 is 1.29 bits per heavy atom. The van der Waals surface area contributed by atoms with E-state index in [0.717, 1.165) is 55.1 Å². The molecule has 0 bridgehead atoms. The van der Waals surface area contributed by atoms with Gasteiger partial charge in [-0.1, -0.05) is 6.92 Å². The zero-order valence-electron chi connectivity index (χ0n) is 13.7. The van der Waals surface area contributed by atoms with Crippen molar-refractivity contribution < 1.29 is 4.74 Å². The van der Waals surface area contributed by atoms with Crippen LogP contribution in [0.25, 0.3) is 5.65 Å². The molecule has 1 saturated heterocycles. The van der Waals surface area contributed by atoms with E-state index in [9.17, 15) is 0 Å². The van der Waals surface area contributed by atoms with Crippen LogP contribution in [0, 0.1) is 0 Å². The van der Waals surface area contributed by atoms with Crippen molar-refractivity contribution in [3.05, 3.63) is 42.6 Å². The lowest BCUT2D eigenvalue weighted by Crippen LogP contribution is -2.38. The van der Waals surface area contributed by atoms with E-state index in [0.29, 0.717) is 0 Å². The number of aromatic nitrogens is 5. The Kier molecular flexibility index (Phi) is 3.98. The predicted molar refractivity (Wildman–Crippen MR) is 90.3 cm³/mol. The number of fused-ring (bicyclic) bond motifs is 1. The highest BCUT2D eigenvalue weighted by Gasteiger charge is 2.23. The molecule has 124 valence electrons. The lowest BCUT2D eigenvalue weighted by molar-refractivity contribution is 0.170. The topological polar surface area (TPSA) is 68.4 Å². The summed E-state index contributed by atoms with van der Waals surface area (Å²) in [6.45, 7) is 3.97. The number of nitrogens with zero attached hydrogens (tertiary/aromatic N) is 6. The fourth-order valence-corrected chi connectivity index (χ4v) is 3.09. The summed E-state index contributed by atoms with van der Waals surface area (Å²) in [4.78, 5) is 6.45. The second-order valence-electron chi connectivity index (χ2n) is 5.97. The van der Waals surface area contributed by atoms with Gasteiger partial charge in [0.15, 0.2) is 0 Å². The Morgan fingerprint density at radius 2 is 2.17 bits per heavy atom. The summed E-state index contributed by atoms with van der Waals surface area (Å²) in [5.74, 6) is 0.841. The zero-order chi connectivity index (χ0) is 16.4. The van der Waals surface area contributed by atoms with Gasteiger partial charge in [0, 0.05) is 32.1 Å². The van der Waals surface area contributed by atoms with E-state index in [1.54, 1.807) is 23.2 Å². The minimum absolute atomic E-state index is 0.229. The lowest BCUT2D eigenvalue weighted by atomic mass is 10.1. The van der Waals surface area contributed by atoms with Crippen molar-refractivity contribution in [3.8, 4) is 5.75 Å². The van der Waals surface area contributed by atoms with Gasteiger partial charge in [0.1, 0.15) is 18.2 Å². The van der Waals surface area contributed by atoms with Gasteiger partial charge in [-0.25, -0.2) is 0 Å². The smallest absolute Gasteiger partial charge is 0.200 e. The number of hydrogen-bond acceptors (Lipinski definition) is 6. The van der Waals surface area contributed by atoms with Crippen LogP contribution in [-0.2, 0) is 6.42 Å². The van der Waals surface area contributed by atoms with E-state index in [1.807, 2.05) is 12.1 Å². The van der Waals surface area contributed by atoms with Crippen LogP contribution in [0.1, 0.15) is 25.5 Å². The third kappa shape index (κ3) is 2.89. The summed E-state index contributed by atoms with van der Waals surface area (Å²) in [7, 11) is 0. The van der Waals surface area contributed by atoms with Crippen molar-refractivity contribution in [2.75, 3.05) is 18.0 Å². The van der Waals surface area contributed by atoms with Gasteiger partial charge in [-0.3, -0.25) is 4.98 Å². The molecule has 1 fully saturated rings. The van der Waals surface area contributed by atoms with Crippen LogP contribution < -0.4 is 9.64 Å². The van der Waals surface area contributed by atoms with Crippen LogP contribution in [0.5, 0.6) is 5.75 Å². The van der Waals surface area contributed by atoms with Gasteiger partial charge >= 0.3 is 0 Å². The maximum atomic E-state index is 6.02. The molecule has 3 aromatic heterocycles. The van der Waals surface area contributed by atoms with Crippen molar-refractivity contribution in [1.82, 2.24) is 24.8 Å². The fraction of sp³-hybridized carbons (Fsp3) is 0.412. The van der Waals surface area contributed by atoms with Gasteiger partial charge < -0.3 is 9.64 Å². The molecule has 0 N–H and O–H groups in total. The average Bonchev–Trinajstić information content (AvgIpc) is 3.11. The Labute approximate surface area is 140 Å². The van der Waals surface area contributed by atoms with E-state index >= 15 is 0 Å². The average molecular weight is 324 g/mol. The molecule has 0 saturated carbocycles. The molecule has 7 heteroatoms. The molecule has 4 rings (SSSR count). The Morgan fingerprint density at radius 3 is 2.92 bits per heavy atom. The van der Waals surface area contributed by atoms with Crippen molar-refractivity contribution in [2.24, 2.45) is 0 Å². The minimum Gasteiger partial charge on any atom is -0.489 e. The summed E-state index contributed by atoms with van der Waals surface area (Å²) in [6.07, 6.45) is 8.25. The standard InChI is InChI=1S/C17H20N6O/c1-2-13-10-16(17-20-19-12-23(17)21-13)22-8-5-14(6-9-22)24-15-4-3-7-18-11-15/h3-4,7,10-12,14H,2,5-6,8-9H2,1H3. The SMILES string of the molecule is CCc1cc(N2CCC(Oc3cccnc3)CC2)c2nncn2n1. The van der Waals surface area contributed by atoms with Crippen LogP contribution >= 0.6 is 0 Å². The maximum absolute atomic E-state index is 6.02. The van der Waals surface area contributed by atoms with Crippen LogP contribution in [0.4, 0.5) is 5.69 Å². The van der Waals surface area contributed by atoms with E-state index in [-0.39, 0.29) is 6.10 Å². The first-order valence-electron chi connectivity index (χ1n) is 8.35. The number of hydrogen-bond donors (Lipinski definition) is 0. The molecule has 4 heterocycles. The van der Waals surface area contributed by atoms with Gasteiger partial charge in [0.2, 0.25) is 5.65 Å². The monoisotopic (exact) mass is 324 g/mol. The summed E-state index contributed by atoms with van der Waals surface area (Å²) >= 11 is 0. The van der Waals surface area contributed by atoms with Crippen LogP contribution in [-0.4, -0.2) is 44.0 Å². The number of pyridine rings is 1. The first-order valence-corrected chi connectivity index (χ1v) is 8.35. The zero-order valence-corrected chi connectivity index (χ0v) is 13.7. The molecule has 0 amide bonds. The summed E-state index contributed by atoms with van der Waals surface area (Å²) in [5.41, 5.74) is 2.98. The highest BCUT2D eigenvalue weighted by molar-refractivity contribution is 5.68. The van der Waals surface area contributed by atoms with Crippen molar-refractivity contribution in [2.45, 2.75) is 32.3 Å². The normalized spacial score (nSPS) is 15.8. The number of aryl methyl sites for hydroxylation is 1. The molecule has 0 atom stereocenters. The van der Waals surface area contributed by atoms with Gasteiger partial charge in [0.25, 0.3) is 0 Å². The third-order valence-electron chi connectivity index (χ3n) is 4.38. The Hall–Kier alpha value is -2.70. The highest BCUT2D eigenvalue weighted by atomic mass is 16.5. The Bertz CT molecular complexity index is 810. The summed E-state index contributed by atoms with van der Waals surface area (Å²) < 4.78 is 7.79. The second-order valence-corrected chi connectivity index (χ2v) is 5.97. The van der Waals surface area contributed by atoms with Gasteiger partial charge in [0.05, 0.1) is 17.6 Å². The fourth-order valence-electron chi connectivity index (χ4n) is 3.09. The minimum atomic E-state index is 0.229. The molecule has 24 heavy (non-hydrogen) atoms. The van der Waals surface area contributed by atoms with Crippen LogP contribution in [0.3, 0.4) is 0 Å². The highest BCUT2D eigenvalue weighted by Crippen LogP contribution is 2.26. The number of ether oxygens (including phenoxy) is 1. The number of piperidine rings is 1. The molecule has 0 radical (unpaired) electrons. The molecule has 0 aliphatic carbocycles. The molecular formula is C17H20N6O. The van der Waals surface area contributed by atoms with Crippen molar-refractivity contribution >= 4 is 11.3 Å². The Balaban J connectivity index is 1.49. The lowest BCUT2D eigenvalue weighted by Gasteiger charge is -2.33. The van der Waals surface area contributed by atoms with Crippen molar-refractivity contribution in [3.63, 3.8) is 0 Å². The van der Waals surface area contributed by atoms with E-state index < -0.39 is 0 Å². The van der Waals surface area contributed by atoms with Crippen LogP contribution in [0.2, 0.25) is 0 Å². The maximum Gasteiger partial charge on any atom is 0.200 e. The number of anilines is 1. The molecule has 3 aromatic rings. The van der Waals surface area contributed by atoms with Gasteiger partial charge in [-0.15, -0.1) is 10.2 Å². The van der Waals surface area contributed by atoms with E-state index in [1.165, 1.54) is 0 Å². The molecule has 1 aliphatic rings. The molecular weight excluding hydrogens is 304 g/mol. The van der Waals surface area contributed by atoms with Gasteiger partial charge in [-0.2, -0.15) is 9.61 Å². The van der Waals surface area contributed by atoms with E-state index in [2.05, 4.69) is 38.2 Å². The summed E-state index contributed by atoms with van der Waals surface area (Å²) in [5, 5.41) is 12.7. The van der Waals surface area contributed by atoms with Gasteiger partial charge in [-0.05, 0) is 24.6 Å². The van der Waals surface area contributed by atoms with Crippen molar-refractivity contribution in [1.29, 1.82) is 0 Å². The molecule has 0 unspecified atom stereocenters. The molecule has 1 aliphatic heterocycles. The molecule has 7 nitrogen and oxygen atoms in total. The summed E-state index contributed by atoms with van der Waals surface area (Å²) in [6, 6.07) is 5.98. The largest absolute Gasteiger partial charge is 0.489 e. The third-order valence-corrected chi connectivity index (χ3v) is 4.38. The van der Waals surface area contributed by atoms with E-state index in [4.69, 9.17) is 4.74 Å². The molecule has 0 aromatic carbocycles. The molecule has 0 spiro atoms. The first kappa shape index (κ1) is 14.9. The second kappa shape index (κ2) is 6.43.